The highest BCUT2D eigenvalue weighted by atomic mass is 16.6. The highest BCUT2D eigenvalue weighted by Gasteiger charge is 2.55. The first-order valence-electron chi connectivity index (χ1n) is 10.6. The van der Waals surface area contributed by atoms with Gasteiger partial charge in [-0.05, 0) is 83.6 Å². The van der Waals surface area contributed by atoms with Crippen molar-refractivity contribution in [2.45, 2.75) is 84.8 Å². The van der Waals surface area contributed by atoms with Gasteiger partial charge in [-0.15, -0.1) is 0 Å². The van der Waals surface area contributed by atoms with Crippen LogP contribution in [0.3, 0.4) is 0 Å². The van der Waals surface area contributed by atoms with E-state index in [0.29, 0.717) is 16.8 Å². The number of fused-ring (bicyclic) bond motifs is 1. The van der Waals surface area contributed by atoms with Gasteiger partial charge < -0.3 is 19.9 Å². The zero-order chi connectivity index (χ0) is 24.5. The minimum absolute atomic E-state index is 0.0165. The standard InChI is InChI=1S/C24H33NO7/c1-14(26)25-17-9-8-15-12-24(20(29)31-22(2,3)4,21(30)32-23(5,6)7)13-16(10-19(27)28)18(15)11-17/h8-9,11,16H,10,12-13H2,1-7H3,(H,25,26)(H,27,28). The van der Waals surface area contributed by atoms with Gasteiger partial charge in [0.05, 0.1) is 6.42 Å². The summed E-state index contributed by atoms with van der Waals surface area (Å²) in [5.41, 5.74) is -1.51. The number of ether oxygens (including phenoxy) is 2. The number of anilines is 1. The molecule has 1 aromatic rings. The molecule has 176 valence electrons. The Bertz CT molecular complexity index is 893. The van der Waals surface area contributed by atoms with E-state index in [9.17, 15) is 24.3 Å². The minimum Gasteiger partial charge on any atom is -0.481 e. The molecule has 2 rings (SSSR count). The Hall–Kier alpha value is -2.90. The molecule has 1 amide bonds. The SMILES string of the molecule is CC(=O)Nc1ccc2c(c1)C(CC(=O)O)CC(C(=O)OC(C)(C)C)(C(=O)OC(C)(C)C)C2. The van der Waals surface area contributed by atoms with Crippen molar-refractivity contribution >= 4 is 29.5 Å². The Morgan fingerprint density at radius 1 is 1.03 bits per heavy atom. The molecule has 0 heterocycles. The van der Waals surface area contributed by atoms with Crippen molar-refractivity contribution in [3.63, 3.8) is 0 Å². The molecule has 1 aliphatic carbocycles. The molecule has 1 aliphatic rings. The fourth-order valence-corrected chi connectivity index (χ4v) is 3.88. The fourth-order valence-electron chi connectivity index (χ4n) is 3.88. The third kappa shape index (κ3) is 6.31. The third-order valence-electron chi connectivity index (χ3n) is 4.99. The maximum absolute atomic E-state index is 13.4. The molecule has 8 heteroatoms. The number of benzene rings is 1. The van der Waals surface area contributed by atoms with E-state index in [0.717, 1.165) is 0 Å². The number of carboxylic acids is 1. The largest absolute Gasteiger partial charge is 0.481 e. The molecule has 0 bridgehead atoms. The fraction of sp³-hybridized carbons (Fsp3) is 0.583. The van der Waals surface area contributed by atoms with Gasteiger partial charge in [-0.2, -0.15) is 0 Å². The Kier molecular flexibility index (Phi) is 7.07. The number of nitrogens with one attached hydrogen (secondary N) is 1. The van der Waals surface area contributed by atoms with Crippen molar-refractivity contribution in [3.05, 3.63) is 29.3 Å². The van der Waals surface area contributed by atoms with Crippen LogP contribution in [0, 0.1) is 5.41 Å². The molecule has 2 N–H and O–H groups in total. The zero-order valence-corrected chi connectivity index (χ0v) is 19.8. The van der Waals surface area contributed by atoms with Gasteiger partial charge in [0.2, 0.25) is 5.91 Å². The van der Waals surface area contributed by atoms with Gasteiger partial charge in [0.15, 0.2) is 5.41 Å². The first-order valence-corrected chi connectivity index (χ1v) is 10.6. The lowest BCUT2D eigenvalue weighted by atomic mass is 9.65. The lowest BCUT2D eigenvalue weighted by Gasteiger charge is -2.40. The van der Waals surface area contributed by atoms with Crippen LogP contribution in [-0.4, -0.2) is 40.1 Å². The quantitative estimate of drug-likeness (QED) is 0.520. The van der Waals surface area contributed by atoms with Crippen molar-refractivity contribution in [2.75, 3.05) is 5.32 Å². The van der Waals surface area contributed by atoms with Crippen molar-refractivity contribution in [1.29, 1.82) is 0 Å². The van der Waals surface area contributed by atoms with E-state index in [-0.39, 0.29) is 25.2 Å². The Labute approximate surface area is 188 Å². The van der Waals surface area contributed by atoms with Gasteiger partial charge in [0.1, 0.15) is 11.2 Å². The van der Waals surface area contributed by atoms with Crippen LogP contribution < -0.4 is 5.32 Å². The van der Waals surface area contributed by atoms with Crippen molar-refractivity contribution < 1.29 is 33.8 Å². The lowest BCUT2D eigenvalue weighted by molar-refractivity contribution is -0.187. The number of carboxylic acid groups (broad SMARTS) is 1. The average molecular weight is 448 g/mol. The average Bonchev–Trinajstić information content (AvgIpc) is 2.57. The number of hydrogen-bond acceptors (Lipinski definition) is 6. The maximum Gasteiger partial charge on any atom is 0.324 e. The minimum atomic E-state index is -1.68. The molecule has 0 spiro atoms. The molecular weight excluding hydrogens is 414 g/mol. The second kappa shape index (κ2) is 8.92. The second-order valence-electron chi connectivity index (χ2n) is 10.4. The molecule has 0 fully saturated rings. The molecule has 8 nitrogen and oxygen atoms in total. The van der Waals surface area contributed by atoms with Gasteiger partial charge in [-0.25, -0.2) is 0 Å². The molecule has 0 saturated heterocycles. The van der Waals surface area contributed by atoms with Crippen molar-refractivity contribution in [2.24, 2.45) is 5.41 Å². The highest BCUT2D eigenvalue weighted by Crippen LogP contribution is 2.47. The second-order valence-corrected chi connectivity index (χ2v) is 10.4. The van der Waals surface area contributed by atoms with Gasteiger partial charge in [0, 0.05) is 12.6 Å². The highest BCUT2D eigenvalue weighted by molar-refractivity contribution is 6.01. The number of aliphatic carboxylic acids is 1. The Morgan fingerprint density at radius 2 is 1.56 bits per heavy atom. The summed E-state index contributed by atoms with van der Waals surface area (Å²) in [6.45, 7) is 11.6. The molecule has 0 saturated carbocycles. The summed E-state index contributed by atoms with van der Waals surface area (Å²) >= 11 is 0. The molecule has 1 aromatic carbocycles. The molecule has 1 unspecified atom stereocenters. The zero-order valence-electron chi connectivity index (χ0n) is 19.8. The lowest BCUT2D eigenvalue weighted by Crippen LogP contribution is -2.50. The topological polar surface area (TPSA) is 119 Å². The summed E-state index contributed by atoms with van der Waals surface area (Å²) in [5, 5.41) is 12.2. The third-order valence-corrected chi connectivity index (χ3v) is 4.99. The summed E-state index contributed by atoms with van der Waals surface area (Å²) in [5.74, 6) is -3.43. The number of carbonyl (C=O) groups is 4. The van der Waals surface area contributed by atoms with E-state index in [2.05, 4.69) is 5.32 Å². The van der Waals surface area contributed by atoms with Crippen LogP contribution >= 0.6 is 0 Å². The van der Waals surface area contributed by atoms with E-state index in [1.54, 1.807) is 59.7 Å². The van der Waals surface area contributed by atoms with Crippen LogP contribution in [0.4, 0.5) is 5.69 Å². The molecule has 0 aromatic heterocycles. The predicted octanol–water partition coefficient (Wildman–Crippen LogP) is 3.82. The first kappa shape index (κ1) is 25.4. The number of amides is 1. The van der Waals surface area contributed by atoms with Crippen LogP contribution in [0.15, 0.2) is 18.2 Å². The summed E-state index contributed by atoms with van der Waals surface area (Å²) in [7, 11) is 0. The predicted molar refractivity (Wildman–Crippen MR) is 118 cm³/mol. The summed E-state index contributed by atoms with van der Waals surface area (Å²) < 4.78 is 11.2. The molecule has 1 atom stereocenters. The molecular formula is C24H33NO7. The Balaban J connectivity index is 2.62. The van der Waals surface area contributed by atoms with Gasteiger partial charge in [-0.3, -0.25) is 19.2 Å². The smallest absolute Gasteiger partial charge is 0.324 e. The number of hydrogen-bond donors (Lipinski definition) is 2. The number of carbonyl (C=O) groups excluding carboxylic acids is 3. The van der Waals surface area contributed by atoms with Crippen LogP contribution in [0.25, 0.3) is 0 Å². The van der Waals surface area contributed by atoms with Crippen LogP contribution in [0.5, 0.6) is 0 Å². The Morgan fingerprint density at radius 3 is 2.00 bits per heavy atom. The number of rotatable bonds is 5. The molecule has 32 heavy (non-hydrogen) atoms. The van der Waals surface area contributed by atoms with Gasteiger partial charge in [0.25, 0.3) is 0 Å². The summed E-state index contributed by atoms with van der Waals surface area (Å²) in [6, 6.07) is 5.08. The summed E-state index contributed by atoms with van der Waals surface area (Å²) in [4.78, 5) is 49.9. The van der Waals surface area contributed by atoms with Gasteiger partial charge >= 0.3 is 17.9 Å². The van der Waals surface area contributed by atoms with E-state index >= 15 is 0 Å². The van der Waals surface area contributed by atoms with E-state index in [1.807, 2.05) is 0 Å². The summed E-state index contributed by atoms with van der Waals surface area (Å²) in [6.07, 6.45) is -0.341. The van der Waals surface area contributed by atoms with Crippen LogP contribution in [0.1, 0.15) is 78.4 Å². The first-order chi connectivity index (χ1) is 14.5. The van der Waals surface area contributed by atoms with Crippen molar-refractivity contribution in [3.8, 4) is 0 Å². The van der Waals surface area contributed by atoms with Crippen LogP contribution in [-0.2, 0) is 35.1 Å². The van der Waals surface area contributed by atoms with Gasteiger partial charge in [-0.1, -0.05) is 6.07 Å². The normalized spacial score (nSPS) is 17.7. The molecule has 0 radical (unpaired) electrons. The number of esters is 2. The van der Waals surface area contributed by atoms with Crippen LogP contribution in [0.2, 0.25) is 0 Å². The molecule has 0 aliphatic heterocycles. The maximum atomic E-state index is 13.4. The monoisotopic (exact) mass is 447 g/mol. The van der Waals surface area contributed by atoms with E-state index in [4.69, 9.17) is 9.47 Å². The van der Waals surface area contributed by atoms with E-state index < -0.39 is 40.4 Å². The van der Waals surface area contributed by atoms with Crippen molar-refractivity contribution in [1.82, 2.24) is 0 Å². The van der Waals surface area contributed by atoms with E-state index in [1.165, 1.54) is 6.92 Å².